The van der Waals surface area contributed by atoms with Gasteiger partial charge < -0.3 is 30.7 Å². The summed E-state index contributed by atoms with van der Waals surface area (Å²) in [5, 5.41) is 21.5. The minimum Gasteiger partial charge on any atom is -0.481 e. The van der Waals surface area contributed by atoms with Gasteiger partial charge in [-0.3, -0.25) is 14.4 Å². The number of Topliss-reactive ketones (excluding diaryl/α,β-unsaturated/α-hetero) is 1. The van der Waals surface area contributed by atoms with E-state index in [4.69, 9.17) is 15.0 Å². The molecule has 0 aliphatic carbocycles. The first-order valence-corrected chi connectivity index (χ1v) is 9.82. The number of amides is 1. The molecule has 2 heterocycles. The van der Waals surface area contributed by atoms with Crippen LogP contribution in [-0.4, -0.2) is 69.6 Å². The normalized spacial score (nSPS) is 15.0. The fourth-order valence-electron chi connectivity index (χ4n) is 3.03. The van der Waals surface area contributed by atoms with Gasteiger partial charge in [0, 0.05) is 50.2 Å². The van der Waals surface area contributed by atoms with E-state index in [1.54, 1.807) is 30.4 Å². The zero-order valence-corrected chi connectivity index (χ0v) is 17.8. The van der Waals surface area contributed by atoms with Crippen molar-refractivity contribution in [2.75, 3.05) is 23.8 Å². The van der Waals surface area contributed by atoms with Crippen molar-refractivity contribution in [2.24, 2.45) is 0 Å². The number of ketones is 1. The van der Waals surface area contributed by atoms with Crippen LogP contribution in [0.5, 0.6) is 0 Å². The summed E-state index contributed by atoms with van der Waals surface area (Å²) in [6.45, 7) is 0.547. The Hall–Kier alpha value is -4.10. The van der Waals surface area contributed by atoms with Crippen molar-refractivity contribution in [1.82, 2.24) is 15.3 Å². The Kier molecular flexibility index (Phi) is 8.58. The van der Waals surface area contributed by atoms with Crippen LogP contribution in [0.3, 0.4) is 0 Å². The third-order valence-electron chi connectivity index (χ3n) is 4.73. The fourth-order valence-corrected chi connectivity index (χ4v) is 3.03. The number of alkyl halides is 3. The van der Waals surface area contributed by atoms with Crippen LogP contribution < -0.4 is 15.5 Å². The van der Waals surface area contributed by atoms with Crippen LogP contribution in [0.4, 0.5) is 24.8 Å². The number of fused-ring (bicyclic) bond motifs is 1. The molecule has 11 nitrogen and oxygen atoms in total. The molecule has 0 radical (unpaired) electrons. The number of H-pyrrole nitrogens is 1. The van der Waals surface area contributed by atoms with E-state index in [9.17, 15) is 27.6 Å². The molecule has 1 aliphatic rings. The zero-order valence-electron chi connectivity index (χ0n) is 17.8. The molecule has 0 spiro atoms. The Bertz CT molecular complexity index is 1040. The molecule has 14 heteroatoms. The second kappa shape index (κ2) is 11.2. The van der Waals surface area contributed by atoms with Crippen molar-refractivity contribution in [1.29, 1.82) is 0 Å². The van der Waals surface area contributed by atoms with Gasteiger partial charge in [-0.2, -0.15) is 13.2 Å². The summed E-state index contributed by atoms with van der Waals surface area (Å²) in [7, 11) is 1.76. The Balaban J connectivity index is 0.000000509. The van der Waals surface area contributed by atoms with Crippen LogP contribution in [0.25, 0.3) is 0 Å². The Morgan fingerprint density at radius 1 is 1.26 bits per heavy atom. The molecule has 0 saturated carbocycles. The molecule has 1 atom stereocenters. The van der Waals surface area contributed by atoms with E-state index >= 15 is 0 Å². The number of carboxylic acid groups (broad SMARTS) is 2. The summed E-state index contributed by atoms with van der Waals surface area (Å²) in [5.41, 5.74) is 2.20. The number of aromatic nitrogens is 2. The topological polar surface area (TPSA) is 165 Å². The van der Waals surface area contributed by atoms with Gasteiger partial charge in [-0.1, -0.05) is 6.07 Å². The van der Waals surface area contributed by atoms with Gasteiger partial charge in [-0.25, -0.2) is 9.78 Å². The molecule has 1 amide bonds. The monoisotopic (exact) mass is 485 g/mol. The number of carbonyl (C=O) groups excluding carboxylic acids is 2. The van der Waals surface area contributed by atoms with Crippen molar-refractivity contribution in [3.05, 3.63) is 41.7 Å². The number of imidazole rings is 1. The lowest BCUT2D eigenvalue weighted by atomic mass is 9.93. The summed E-state index contributed by atoms with van der Waals surface area (Å²) in [5.74, 6) is -3.55. The van der Waals surface area contributed by atoms with Gasteiger partial charge >= 0.3 is 18.1 Å². The number of aliphatic carboxylic acids is 2. The summed E-state index contributed by atoms with van der Waals surface area (Å²) >= 11 is 0. The molecule has 1 aliphatic heterocycles. The van der Waals surface area contributed by atoms with E-state index in [1.807, 2.05) is 12.1 Å². The fraction of sp³-hybridized carbons (Fsp3) is 0.350. The maximum atomic E-state index is 12.5. The second-order valence-corrected chi connectivity index (χ2v) is 7.13. The number of halogens is 3. The quantitative estimate of drug-likeness (QED) is 0.392. The van der Waals surface area contributed by atoms with Crippen LogP contribution in [0.15, 0.2) is 30.6 Å². The number of hydrogen-bond donors (Lipinski definition) is 5. The molecule has 1 unspecified atom stereocenters. The highest BCUT2D eigenvalue weighted by Gasteiger charge is 2.38. The molecule has 2 aromatic rings. The van der Waals surface area contributed by atoms with Crippen LogP contribution >= 0.6 is 0 Å². The Morgan fingerprint density at radius 2 is 1.94 bits per heavy atom. The van der Waals surface area contributed by atoms with E-state index in [2.05, 4.69) is 20.6 Å². The Labute approximate surface area is 191 Å². The molecule has 3 rings (SSSR count). The summed E-state index contributed by atoms with van der Waals surface area (Å²) in [4.78, 5) is 53.1. The van der Waals surface area contributed by atoms with Crippen molar-refractivity contribution in [3.8, 4) is 0 Å². The van der Waals surface area contributed by atoms with Crippen LogP contribution in [0.1, 0.15) is 28.8 Å². The summed E-state index contributed by atoms with van der Waals surface area (Å²) < 4.78 is 31.7. The molecule has 5 N–H and O–H groups in total. The first-order valence-electron chi connectivity index (χ1n) is 9.82. The van der Waals surface area contributed by atoms with Crippen molar-refractivity contribution in [3.63, 3.8) is 0 Å². The van der Waals surface area contributed by atoms with E-state index in [0.717, 1.165) is 5.56 Å². The molecule has 0 fully saturated rings. The molecule has 1 aromatic carbocycles. The number of carbonyl (C=O) groups is 4. The third-order valence-corrected chi connectivity index (χ3v) is 4.73. The lowest BCUT2D eigenvalue weighted by Crippen LogP contribution is -2.49. The predicted molar refractivity (Wildman–Crippen MR) is 112 cm³/mol. The van der Waals surface area contributed by atoms with E-state index < -0.39 is 24.2 Å². The minimum absolute atomic E-state index is 0.0344. The molecule has 184 valence electrons. The highest BCUT2D eigenvalue weighted by Crippen LogP contribution is 2.31. The number of hydrogen-bond acceptors (Lipinski definition) is 7. The third kappa shape index (κ3) is 7.21. The van der Waals surface area contributed by atoms with Gasteiger partial charge in [0.2, 0.25) is 5.91 Å². The second-order valence-electron chi connectivity index (χ2n) is 7.13. The highest BCUT2D eigenvalue weighted by atomic mass is 19.4. The average molecular weight is 485 g/mol. The molecule has 34 heavy (non-hydrogen) atoms. The summed E-state index contributed by atoms with van der Waals surface area (Å²) in [6, 6.07) is 4.85. The van der Waals surface area contributed by atoms with Crippen molar-refractivity contribution < 1.29 is 42.6 Å². The number of anilines is 2. The van der Waals surface area contributed by atoms with Gasteiger partial charge in [0.1, 0.15) is 6.04 Å². The van der Waals surface area contributed by atoms with Crippen LogP contribution in [-0.2, 0) is 20.9 Å². The lowest BCUT2D eigenvalue weighted by molar-refractivity contribution is -0.192. The highest BCUT2D eigenvalue weighted by molar-refractivity contribution is 6.07. The summed E-state index contributed by atoms with van der Waals surface area (Å²) in [6.07, 6.45) is -1.81. The van der Waals surface area contributed by atoms with Crippen LogP contribution in [0, 0.1) is 0 Å². The number of nitrogens with one attached hydrogen (secondary N) is 3. The standard InChI is InChI=1S/C18H21N5O4.C2HF3O2/c1-23-13-8-11(10-22-18-20-6-7-21-18)2-3-12(13)15(24)9-14(23)17(27)19-5-4-16(25)26;3-2(4,5)1(6)7/h2-3,6-8,14H,4-5,9-10H2,1H3,(H,19,27)(H,25,26)(H2,20,21,22);(H,6,7). The lowest BCUT2D eigenvalue weighted by Gasteiger charge is -2.34. The molecule has 0 saturated heterocycles. The van der Waals surface area contributed by atoms with E-state index in [1.165, 1.54) is 0 Å². The Morgan fingerprint density at radius 3 is 2.50 bits per heavy atom. The molecular formula is C20H22F3N5O6. The molecule has 0 bridgehead atoms. The predicted octanol–water partition coefficient (Wildman–Crippen LogP) is 1.64. The maximum absolute atomic E-state index is 12.5. The zero-order chi connectivity index (χ0) is 25.5. The first kappa shape index (κ1) is 26.2. The number of aromatic amines is 1. The number of nitrogens with zero attached hydrogens (tertiary/aromatic N) is 2. The minimum atomic E-state index is -5.08. The van der Waals surface area contributed by atoms with Crippen LogP contribution in [0.2, 0.25) is 0 Å². The number of rotatable bonds is 7. The molecular weight excluding hydrogens is 463 g/mol. The first-order chi connectivity index (χ1) is 15.9. The van der Waals surface area contributed by atoms with E-state index in [-0.39, 0.29) is 31.1 Å². The van der Waals surface area contributed by atoms with Gasteiger partial charge in [0.15, 0.2) is 11.7 Å². The largest absolute Gasteiger partial charge is 0.490 e. The SMILES string of the molecule is CN1c2cc(CNc3ncc[nH]3)ccc2C(=O)CC1C(=O)NCCC(=O)O.O=C(O)C(F)(F)F. The number of benzene rings is 1. The number of carboxylic acids is 2. The average Bonchev–Trinajstić information content (AvgIpc) is 3.28. The maximum Gasteiger partial charge on any atom is 0.490 e. The van der Waals surface area contributed by atoms with Gasteiger partial charge in [0.25, 0.3) is 0 Å². The van der Waals surface area contributed by atoms with Gasteiger partial charge in [-0.15, -0.1) is 0 Å². The molecule has 1 aromatic heterocycles. The van der Waals surface area contributed by atoms with Crippen molar-refractivity contribution >= 4 is 35.3 Å². The van der Waals surface area contributed by atoms with Gasteiger partial charge in [0.05, 0.1) is 6.42 Å². The number of likely N-dealkylation sites (N-methyl/N-ethyl adjacent to an activating group) is 1. The van der Waals surface area contributed by atoms with Crippen molar-refractivity contribution in [2.45, 2.75) is 31.6 Å². The van der Waals surface area contributed by atoms with Gasteiger partial charge in [-0.05, 0) is 17.7 Å². The smallest absolute Gasteiger partial charge is 0.481 e. The van der Waals surface area contributed by atoms with E-state index in [0.29, 0.717) is 23.7 Å².